The van der Waals surface area contributed by atoms with Gasteiger partial charge in [0.2, 0.25) is 0 Å². The van der Waals surface area contributed by atoms with Crippen molar-refractivity contribution in [3.63, 3.8) is 0 Å². The number of hydrogen-bond donors (Lipinski definition) is 0. The van der Waals surface area contributed by atoms with Crippen molar-refractivity contribution in [2.75, 3.05) is 0 Å². The van der Waals surface area contributed by atoms with E-state index in [9.17, 15) is 4.79 Å². The Bertz CT molecular complexity index is 297. The minimum absolute atomic E-state index is 0.239. The molecular formula is C9H10O2. The lowest BCUT2D eigenvalue weighted by atomic mass is 10.2. The Hall–Kier alpha value is -1.05. The first-order valence-corrected chi connectivity index (χ1v) is 3.96. The van der Waals surface area contributed by atoms with E-state index in [4.69, 9.17) is 4.42 Å². The van der Waals surface area contributed by atoms with Gasteiger partial charge in [-0.15, -0.1) is 0 Å². The van der Waals surface area contributed by atoms with Crippen LogP contribution < -0.4 is 0 Å². The van der Waals surface area contributed by atoms with Crippen LogP contribution in [0.15, 0.2) is 10.5 Å². The fraction of sp³-hybridized carbons (Fsp3) is 0.444. The smallest absolute Gasteiger partial charge is 0.166 e. The molecule has 0 spiro atoms. The summed E-state index contributed by atoms with van der Waals surface area (Å²) < 4.78 is 5.42. The number of carbonyl (C=O) groups is 1. The van der Waals surface area contributed by atoms with Gasteiger partial charge >= 0.3 is 0 Å². The van der Waals surface area contributed by atoms with Gasteiger partial charge in [-0.05, 0) is 6.07 Å². The first-order valence-electron chi connectivity index (χ1n) is 3.96. The minimum Gasteiger partial charge on any atom is -0.465 e. The zero-order valence-corrected chi connectivity index (χ0v) is 6.52. The second-order valence-corrected chi connectivity index (χ2v) is 2.83. The molecule has 0 saturated heterocycles. The van der Waals surface area contributed by atoms with E-state index in [0.717, 1.165) is 29.9 Å². The van der Waals surface area contributed by atoms with Crippen LogP contribution in [0, 0.1) is 0 Å². The number of aryl methyl sites for hydroxylation is 2. The standard InChI is InChI=1S/C9H10O2/c1-2-6-5-7-8(10)3-4-9(7)11-6/h5H,2-4H2,1H3. The highest BCUT2D eigenvalue weighted by molar-refractivity contribution is 5.99. The Morgan fingerprint density at radius 2 is 2.36 bits per heavy atom. The lowest BCUT2D eigenvalue weighted by Crippen LogP contribution is -1.88. The summed E-state index contributed by atoms with van der Waals surface area (Å²) in [5.41, 5.74) is 0.821. The molecule has 1 heterocycles. The van der Waals surface area contributed by atoms with Crippen LogP contribution in [0.1, 0.15) is 35.2 Å². The second kappa shape index (κ2) is 2.22. The minimum atomic E-state index is 0.239. The number of Topliss-reactive ketones (excluding diaryl/α,β-unsaturated/α-hetero) is 1. The van der Waals surface area contributed by atoms with E-state index in [0.29, 0.717) is 6.42 Å². The number of ketones is 1. The molecule has 11 heavy (non-hydrogen) atoms. The van der Waals surface area contributed by atoms with Crippen LogP contribution in [0.3, 0.4) is 0 Å². The lowest BCUT2D eigenvalue weighted by molar-refractivity contribution is 0.0994. The second-order valence-electron chi connectivity index (χ2n) is 2.83. The largest absolute Gasteiger partial charge is 0.465 e. The van der Waals surface area contributed by atoms with Crippen LogP contribution in [0.4, 0.5) is 0 Å². The number of fused-ring (bicyclic) bond motifs is 1. The van der Waals surface area contributed by atoms with Crippen molar-refractivity contribution >= 4 is 5.78 Å². The Labute approximate surface area is 65.2 Å². The summed E-state index contributed by atoms with van der Waals surface area (Å²) >= 11 is 0. The zero-order chi connectivity index (χ0) is 7.84. The van der Waals surface area contributed by atoms with Gasteiger partial charge in [0.1, 0.15) is 11.5 Å². The van der Waals surface area contributed by atoms with Crippen LogP contribution in [0.5, 0.6) is 0 Å². The van der Waals surface area contributed by atoms with E-state index in [-0.39, 0.29) is 5.78 Å². The van der Waals surface area contributed by atoms with Crippen LogP contribution in [-0.4, -0.2) is 5.78 Å². The molecular weight excluding hydrogens is 140 g/mol. The fourth-order valence-corrected chi connectivity index (χ4v) is 1.44. The van der Waals surface area contributed by atoms with Gasteiger partial charge in [-0.25, -0.2) is 0 Å². The molecule has 1 aromatic rings. The lowest BCUT2D eigenvalue weighted by Gasteiger charge is -1.87. The Morgan fingerprint density at radius 1 is 1.55 bits per heavy atom. The number of rotatable bonds is 1. The molecule has 0 fully saturated rings. The molecule has 0 aromatic carbocycles. The quantitative estimate of drug-likeness (QED) is 0.612. The molecule has 0 unspecified atom stereocenters. The number of hydrogen-bond acceptors (Lipinski definition) is 2. The highest BCUT2D eigenvalue weighted by atomic mass is 16.3. The molecule has 0 amide bonds. The van der Waals surface area contributed by atoms with Crippen molar-refractivity contribution in [3.8, 4) is 0 Å². The highest BCUT2D eigenvalue weighted by Gasteiger charge is 2.23. The average Bonchev–Trinajstić information content (AvgIpc) is 2.53. The van der Waals surface area contributed by atoms with Crippen molar-refractivity contribution < 1.29 is 9.21 Å². The van der Waals surface area contributed by atoms with Gasteiger partial charge in [-0.3, -0.25) is 4.79 Å². The Kier molecular flexibility index (Phi) is 1.34. The van der Waals surface area contributed by atoms with E-state index < -0.39 is 0 Å². The van der Waals surface area contributed by atoms with Gasteiger partial charge in [0.25, 0.3) is 0 Å². The Morgan fingerprint density at radius 3 is 3.00 bits per heavy atom. The summed E-state index contributed by atoms with van der Waals surface area (Å²) in [5, 5.41) is 0. The molecule has 1 aliphatic carbocycles. The summed E-state index contributed by atoms with van der Waals surface area (Å²) in [5.74, 6) is 2.07. The molecule has 2 heteroatoms. The maximum atomic E-state index is 11.1. The Balaban J connectivity index is 2.46. The van der Waals surface area contributed by atoms with E-state index >= 15 is 0 Å². The predicted molar refractivity (Wildman–Crippen MR) is 40.7 cm³/mol. The highest BCUT2D eigenvalue weighted by Crippen LogP contribution is 2.25. The van der Waals surface area contributed by atoms with Crippen molar-refractivity contribution in [1.82, 2.24) is 0 Å². The predicted octanol–water partition coefficient (Wildman–Crippen LogP) is 1.97. The van der Waals surface area contributed by atoms with Crippen molar-refractivity contribution in [2.45, 2.75) is 26.2 Å². The van der Waals surface area contributed by atoms with Crippen LogP contribution in [0.2, 0.25) is 0 Å². The summed E-state index contributed by atoms with van der Waals surface area (Å²) in [6, 6.07) is 1.88. The van der Waals surface area contributed by atoms with Crippen molar-refractivity contribution in [1.29, 1.82) is 0 Å². The van der Waals surface area contributed by atoms with E-state index in [1.54, 1.807) is 0 Å². The average molecular weight is 150 g/mol. The summed E-state index contributed by atoms with van der Waals surface area (Å²) in [4.78, 5) is 11.1. The fourth-order valence-electron chi connectivity index (χ4n) is 1.44. The van der Waals surface area contributed by atoms with Gasteiger partial charge in [0.15, 0.2) is 5.78 Å². The molecule has 0 atom stereocenters. The third-order valence-corrected chi connectivity index (χ3v) is 2.09. The number of furan rings is 1. The summed E-state index contributed by atoms with van der Waals surface area (Å²) in [6.45, 7) is 2.03. The summed E-state index contributed by atoms with van der Waals surface area (Å²) in [6.07, 6.45) is 2.31. The van der Waals surface area contributed by atoms with Crippen LogP contribution >= 0.6 is 0 Å². The maximum absolute atomic E-state index is 11.1. The molecule has 0 aliphatic heterocycles. The molecule has 0 N–H and O–H groups in total. The molecule has 0 saturated carbocycles. The third-order valence-electron chi connectivity index (χ3n) is 2.09. The van der Waals surface area contributed by atoms with Gasteiger partial charge in [-0.2, -0.15) is 0 Å². The molecule has 2 nitrogen and oxygen atoms in total. The molecule has 58 valence electrons. The number of carbonyl (C=O) groups excluding carboxylic acids is 1. The van der Waals surface area contributed by atoms with Crippen molar-refractivity contribution in [3.05, 3.63) is 23.2 Å². The molecule has 0 radical (unpaired) electrons. The van der Waals surface area contributed by atoms with Crippen LogP contribution in [0.25, 0.3) is 0 Å². The third kappa shape index (κ3) is 0.897. The first-order chi connectivity index (χ1) is 5.31. The normalized spacial score (nSPS) is 15.5. The molecule has 0 bridgehead atoms. The van der Waals surface area contributed by atoms with E-state index in [2.05, 4.69) is 0 Å². The zero-order valence-electron chi connectivity index (χ0n) is 6.52. The van der Waals surface area contributed by atoms with Gasteiger partial charge in [-0.1, -0.05) is 6.92 Å². The molecule has 2 rings (SSSR count). The van der Waals surface area contributed by atoms with Gasteiger partial charge in [0.05, 0.1) is 5.56 Å². The summed E-state index contributed by atoms with van der Waals surface area (Å²) in [7, 11) is 0. The molecule has 1 aliphatic rings. The van der Waals surface area contributed by atoms with Gasteiger partial charge < -0.3 is 4.42 Å². The topological polar surface area (TPSA) is 30.2 Å². The molecule has 1 aromatic heterocycles. The van der Waals surface area contributed by atoms with Gasteiger partial charge in [0, 0.05) is 19.3 Å². The SMILES string of the molecule is CCc1cc2c(o1)CCC2=O. The van der Waals surface area contributed by atoms with Crippen LogP contribution in [-0.2, 0) is 12.8 Å². The maximum Gasteiger partial charge on any atom is 0.166 e. The first kappa shape index (κ1) is 6.65. The van der Waals surface area contributed by atoms with E-state index in [1.165, 1.54) is 0 Å². The van der Waals surface area contributed by atoms with E-state index in [1.807, 2.05) is 13.0 Å². The monoisotopic (exact) mass is 150 g/mol. The van der Waals surface area contributed by atoms with Crippen molar-refractivity contribution in [2.24, 2.45) is 0 Å².